The number of rotatable bonds is 7. The molecule has 2 heterocycles. The maximum Gasteiger partial charge on any atom is 0.253 e. The van der Waals surface area contributed by atoms with Gasteiger partial charge in [0, 0.05) is 22.8 Å². The van der Waals surface area contributed by atoms with Crippen molar-refractivity contribution >= 4 is 17.2 Å². The Hall–Kier alpha value is -1.59. The Balaban J connectivity index is 2.12. The maximum absolute atomic E-state index is 12.5. The van der Waals surface area contributed by atoms with Crippen LogP contribution < -0.4 is 5.32 Å². The number of hydrogen-bond donors (Lipinski definition) is 2. The molecule has 2 rings (SSSR count). The van der Waals surface area contributed by atoms with Gasteiger partial charge in [-0.2, -0.15) is 0 Å². The molecule has 1 amide bonds. The van der Waals surface area contributed by atoms with Crippen molar-refractivity contribution in [3.05, 3.63) is 45.4 Å². The summed E-state index contributed by atoms with van der Waals surface area (Å²) in [5.41, 5.74) is 1.90. The number of thiophene rings is 1. The SMILES string of the molecule is CCC(O)(CC)CNC(=O)c1cc(C)n(Cc2cccs2)c1C. The Morgan fingerprint density at radius 2 is 2.04 bits per heavy atom. The molecule has 23 heavy (non-hydrogen) atoms. The predicted octanol–water partition coefficient (Wildman–Crippen LogP) is 3.50. The summed E-state index contributed by atoms with van der Waals surface area (Å²) in [5.74, 6) is -0.115. The first-order valence-corrected chi connectivity index (χ1v) is 8.98. The van der Waals surface area contributed by atoms with Gasteiger partial charge in [-0.1, -0.05) is 19.9 Å². The van der Waals surface area contributed by atoms with E-state index in [0.717, 1.165) is 17.9 Å². The van der Waals surface area contributed by atoms with Crippen molar-refractivity contribution in [2.75, 3.05) is 6.54 Å². The highest BCUT2D eigenvalue weighted by atomic mass is 32.1. The van der Waals surface area contributed by atoms with Crippen LogP contribution in [0.2, 0.25) is 0 Å². The van der Waals surface area contributed by atoms with E-state index in [0.29, 0.717) is 18.4 Å². The molecule has 2 N–H and O–H groups in total. The second-order valence-electron chi connectivity index (χ2n) is 6.06. The fourth-order valence-electron chi connectivity index (χ4n) is 2.67. The lowest BCUT2D eigenvalue weighted by molar-refractivity contribution is 0.0314. The Labute approximate surface area is 142 Å². The van der Waals surface area contributed by atoms with Gasteiger partial charge in [-0.15, -0.1) is 11.3 Å². The van der Waals surface area contributed by atoms with E-state index in [9.17, 15) is 9.90 Å². The molecule has 0 atom stereocenters. The van der Waals surface area contributed by atoms with Crippen LogP contribution in [0.15, 0.2) is 23.6 Å². The van der Waals surface area contributed by atoms with Crippen molar-refractivity contribution < 1.29 is 9.90 Å². The highest BCUT2D eigenvalue weighted by molar-refractivity contribution is 7.09. The van der Waals surface area contributed by atoms with E-state index < -0.39 is 5.60 Å². The number of aromatic nitrogens is 1. The van der Waals surface area contributed by atoms with Crippen LogP contribution in [-0.2, 0) is 6.54 Å². The monoisotopic (exact) mass is 334 g/mol. The molecule has 0 spiro atoms. The summed E-state index contributed by atoms with van der Waals surface area (Å²) in [4.78, 5) is 13.7. The lowest BCUT2D eigenvalue weighted by atomic mass is 9.97. The van der Waals surface area contributed by atoms with Gasteiger partial charge in [-0.05, 0) is 44.2 Å². The maximum atomic E-state index is 12.5. The first-order valence-electron chi connectivity index (χ1n) is 8.10. The van der Waals surface area contributed by atoms with E-state index in [1.54, 1.807) is 11.3 Å². The van der Waals surface area contributed by atoms with Crippen molar-refractivity contribution in [3.8, 4) is 0 Å². The van der Waals surface area contributed by atoms with Gasteiger partial charge in [0.05, 0.1) is 17.7 Å². The average Bonchev–Trinajstić information content (AvgIpc) is 3.16. The van der Waals surface area contributed by atoms with Gasteiger partial charge in [0.15, 0.2) is 0 Å². The molecular formula is C18H26N2O2S. The Bertz CT molecular complexity index is 655. The molecule has 0 saturated carbocycles. The molecular weight excluding hydrogens is 308 g/mol. The summed E-state index contributed by atoms with van der Waals surface area (Å²) < 4.78 is 2.16. The molecule has 0 aliphatic heterocycles. The molecule has 0 aromatic carbocycles. The van der Waals surface area contributed by atoms with E-state index in [4.69, 9.17) is 0 Å². The van der Waals surface area contributed by atoms with Crippen molar-refractivity contribution in [1.82, 2.24) is 9.88 Å². The first-order chi connectivity index (χ1) is 10.9. The smallest absolute Gasteiger partial charge is 0.253 e. The number of aliphatic hydroxyl groups is 1. The highest BCUT2D eigenvalue weighted by Gasteiger charge is 2.24. The zero-order chi connectivity index (χ0) is 17.0. The molecule has 0 radical (unpaired) electrons. The van der Waals surface area contributed by atoms with Gasteiger partial charge in [0.2, 0.25) is 0 Å². The second-order valence-corrected chi connectivity index (χ2v) is 7.10. The molecule has 126 valence electrons. The number of carbonyl (C=O) groups is 1. The number of carbonyl (C=O) groups excluding carboxylic acids is 1. The predicted molar refractivity (Wildman–Crippen MR) is 95.2 cm³/mol. The zero-order valence-corrected chi connectivity index (χ0v) is 15.2. The normalized spacial score (nSPS) is 11.7. The fraction of sp³-hybridized carbons (Fsp3) is 0.500. The first kappa shape index (κ1) is 17.8. The van der Waals surface area contributed by atoms with Crippen LogP contribution in [0.1, 0.15) is 53.3 Å². The topological polar surface area (TPSA) is 54.3 Å². The minimum atomic E-state index is -0.821. The standard InChI is InChI=1S/C18H26N2O2S/c1-5-18(22,6-2)12-19-17(21)16-10-13(3)20(14(16)4)11-15-8-7-9-23-15/h7-10,22H,5-6,11-12H2,1-4H3,(H,19,21). The number of nitrogens with one attached hydrogen (secondary N) is 1. The van der Waals surface area contributed by atoms with Gasteiger partial charge in [0.25, 0.3) is 5.91 Å². The van der Waals surface area contributed by atoms with Gasteiger partial charge < -0.3 is 15.0 Å². The highest BCUT2D eigenvalue weighted by Crippen LogP contribution is 2.20. The third-order valence-corrected chi connectivity index (χ3v) is 5.47. The van der Waals surface area contributed by atoms with Crippen molar-refractivity contribution in [2.45, 2.75) is 52.7 Å². The molecule has 4 nitrogen and oxygen atoms in total. The van der Waals surface area contributed by atoms with Crippen LogP contribution in [0.25, 0.3) is 0 Å². The molecule has 0 bridgehead atoms. The number of amides is 1. The van der Waals surface area contributed by atoms with E-state index in [-0.39, 0.29) is 12.5 Å². The van der Waals surface area contributed by atoms with Crippen LogP contribution in [0.3, 0.4) is 0 Å². The summed E-state index contributed by atoms with van der Waals surface area (Å²) in [6.07, 6.45) is 1.25. The zero-order valence-electron chi connectivity index (χ0n) is 14.3. The summed E-state index contributed by atoms with van der Waals surface area (Å²) in [7, 11) is 0. The van der Waals surface area contributed by atoms with Gasteiger partial charge in [-0.25, -0.2) is 0 Å². The summed E-state index contributed by atoms with van der Waals surface area (Å²) in [6, 6.07) is 6.07. The molecule has 2 aromatic rings. The van der Waals surface area contributed by atoms with Crippen LogP contribution >= 0.6 is 11.3 Å². The van der Waals surface area contributed by atoms with E-state index in [1.165, 1.54) is 4.88 Å². The van der Waals surface area contributed by atoms with Gasteiger partial charge in [0.1, 0.15) is 0 Å². The molecule has 2 aromatic heterocycles. The minimum absolute atomic E-state index is 0.115. The largest absolute Gasteiger partial charge is 0.388 e. The average molecular weight is 334 g/mol. The van der Waals surface area contributed by atoms with Crippen LogP contribution in [-0.4, -0.2) is 27.7 Å². The number of aryl methyl sites for hydroxylation is 1. The molecule has 0 fully saturated rings. The van der Waals surface area contributed by atoms with E-state index in [1.807, 2.05) is 39.8 Å². The Kier molecular flexibility index (Phi) is 5.65. The lowest BCUT2D eigenvalue weighted by Crippen LogP contribution is -2.42. The van der Waals surface area contributed by atoms with Crippen LogP contribution in [0, 0.1) is 13.8 Å². The third-order valence-electron chi connectivity index (χ3n) is 4.61. The van der Waals surface area contributed by atoms with Crippen molar-refractivity contribution in [1.29, 1.82) is 0 Å². The molecule has 5 heteroatoms. The van der Waals surface area contributed by atoms with E-state index in [2.05, 4.69) is 21.3 Å². The fourth-order valence-corrected chi connectivity index (χ4v) is 3.37. The lowest BCUT2D eigenvalue weighted by Gasteiger charge is -2.25. The Morgan fingerprint density at radius 3 is 2.61 bits per heavy atom. The number of nitrogens with zero attached hydrogens (tertiary/aromatic N) is 1. The van der Waals surface area contributed by atoms with Crippen molar-refractivity contribution in [3.63, 3.8) is 0 Å². The third kappa shape index (κ3) is 4.03. The molecule has 0 unspecified atom stereocenters. The van der Waals surface area contributed by atoms with Gasteiger partial charge >= 0.3 is 0 Å². The summed E-state index contributed by atoms with van der Waals surface area (Å²) in [6.45, 7) is 8.93. The van der Waals surface area contributed by atoms with Gasteiger partial charge in [-0.3, -0.25) is 4.79 Å². The Morgan fingerprint density at radius 1 is 1.35 bits per heavy atom. The quantitative estimate of drug-likeness (QED) is 0.814. The van der Waals surface area contributed by atoms with Crippen molar-refractivity contribution in [2.24, 2.45) is 0 Å². The number of hydrogen-bond acceptors (Lipinski definition) is 3. The summed E-state index contributed by atoms with van der Waals surface area (Å²) >= 11 is 1.72. The second kappa shape index (κ2) is 7.32. The van der Waals surface area contributed by atoms with Crippen LogP contribution in [0.4, 0.5) is 0 Å². The molecule has 0 saturated heterocycles. The van der Waals surface area contributed by atoms with E-state index >= 15 is 0 Å². The summed E-state index contributed by atoms with van der Waals surface area (Å²) in [5, 5.41) is 15.3. The van der Waals surface area contributed by atoms with Crippen LogP contribution in [0.5, 0.6) is 0 Å². The minimum Gasteiger partial charge on any atom is -0.388 e. The molecule has 0 aliphatic carbocycles. The molecule has 0 aliphatic rings.